The molecule has 0 radical (unpaired) electrons. The summed E-state index contributed by atoms with van der Waals surface area (Å²) in [6.45, 7) is 2.60. The Morgan fingerprint density at radius 3 is 2.23 bits per heavy atom. The number of amides is 1. The minimum Gasteiger partial charge on any atom is -0.391 e. The second kappa shape index (κ2) is 10.6. The number of carbonyl (C=O) groups is 1. The number of aromatic amines is 1. The van der Waals surface area contributed by atoms with Gasteiger partial charge in [-0.15, -0.1) is 0 Å². The van der Waals surface area contributed by atoms with Crippen LogP contribution in [0.5, 0.6) is 0 Å². The summed E-state index contributed by atoms with van der Waals surface area (Å²) in [6.07, 6.45) is 3.76. The minimum absolute atomic E-state index is 0.0478. The number of H-pyrrole nitrogens is 1. The van der Waals surface area contributed by atoms with E-state index in [-0.39, 0.29) is 23.7 Å². The number of pyridine rings is 1. The summed E-state index contributed by atoms with van der Waals surface area (Å²) in [5, 5.41) is 22.4. The van der Waals surface area contributed by atoms with Gasteiger partial charge >= 0.3 is 0 Å². The van der Waals surface area contributed by atoms with Crippen molar-refractivity contribution in [3.05, 3.63) is 71.8 Å². The van der Waals surface area contributed by atoms with Crippen LogP contribution in [0.1, 0.15) is 24.2 Å². The molecule has 1 aromatic carbocycles. The van der Waals surface area contributed by atoms with Crippen LogP contribution in [0.2, 0.25) is 5.02 Å². The Bertz CT molecular complexity index is 1580. The van der Waals surface area contributed by atoms with E-state index in [1.807, 2.05) is 0 Å². The Morgan fingerprint density at radius 1 is 1.03 bits per heavy atom. The van der Waals surface area contributed by atoms with Gasteiger partial charge in [0.05, 0.1) is 29.9 Å². The number of nitrogens with zero attached hydrogens (tertiary/aromatic N) is 5. The Balaban J connectivity index is 1.46. The number of carbonyl (C=O) groups excluding carboxylic acids is 1. The monoisotopic (exact) mass is 570 g/mol. The van der Waals surface area contributed by atoms with Crippen LogP contribution < -0.4 is 0 Å². The Labute approximate surface area is 230 Å². The van der Waals surface area contributed by atoms with Crippen LogP contribution in [-0.2, 0) is 10.0 Å². The van der Waals surface area contributed by atoms with Gasteiger partial charge in [0.15, 0.2) is 5.82 Å². The molecule has 11 nitrogen and oxygen atoms in total. The molecule has 1 amide bonds. The first-order chi connectivity index (χ1) is 18.6. The smallest absolute Gasteiger partial charge is 0.258 e. The van der Waals surface area contributed by atoms with E-state index in [9.17, 15) is 23.4 Å². The number of nitrogens with one attached hydrogen (secondary N) is 1. The molecule has 1 aliphatic heterocycles. The highest BCUT2D eigenvalue weighted by Gasteiger charge is 2.46. The van der Waals surface area contributed by atoms with Crippen molar-refractivity contribution in [3.63, 3.8) is 0 Å². The van der Waals surface area contributed by atoms with Gasteiger partial charge < -0.3 is 20.1 Å². The van der Waals surface area contributed by atoms with E-state index < -0.39 is 40.2 Å². The summed E-state index contributed by atoms with van der Waals surface area (Å²) < 4.78 is 28.5. The van der Waals surface area contributed by atoms with Crippen LogP contribution >= 0.6 is 11.6 Å². The first-order valence-electron chi connectivity index (χ1n) is 12.3. The predicted molar refractivity (Wildman–Crippen MR) is 144 cm³/mol. The van der Waals surface area contributed by atoms with Gasteiger partial charge in [0.1, 0.15) is 5.03 Å². The molecular formula is C26H27ClN6O5S. The van der Waals surface area contributed by atoms with Gasteiger partial charge in [-0.25, -0.2) is 18.4 Å². The number of benzene rings is 1. The first-order valence-corrected chi connectivity index (χ1v) is 14.1. The molecule has 4 atom stereocenters. The van der Waals surface area contributed by atoms with Gasteiger partial charge in [-0.3, -0.25) is 9.78 Å². The van der Waals surface area contributed by atoms with Crippen LogP contribution in [0, 0.1) is 0 Å². The van der Waals surface area contributed by atoms with Crippen LogP contribution in [-0.4, -0.2) is 91.1 Å². The van der Waals surface area contributed by atoms with E-state index in [0.717, 1.165) is 5.56 Å². The average Bonchev–Trinajstić information content (AvgIpc) is 3.36. The summed E-state index contributed by atoms with van der Waals surface area (Å²) >= 11 is 6.06. The van der Waals surface area contributed by atoms with Gasteiger partial charge in [0.2, 0.25) is 0 Å². The quantitative estimate of drug-likeness (QED) is 0.319. The molecule has 0 spiro atoms. The maximum absolute atomic E-state index is 13.7. The highest BCUT2D eigenvalue weighted by molar-refractivity contribution is 7.89. The number of hydrogen-bond donors (Lipinski definition) is 3. The van der Waals surface area contributed by atoms with Crippen LogP contribution in [0.4, 0.5) is 0 Å². The molecule has 3 aromatic heterocycles. The standard InChI is InChI=1S/C26H27ClN6O5S/c1-15(34)22-13-32(39(37,38)24-10-18-9-20(27)3-4-21(18)31-24)14-23(16(2)35)33(22)26(36)19-11-29-25(30-12-19)17-5-7-28-8-6-17/h3-12,15-16,22-23,31,34-35H,13-14H2,1-2H3. The van der Waals surface area contributed by atoms with Gasteiger partial charge in [-0.2, -0.15) is 4.31 Å². The van der Waals surface area contributed by atoms with Crippen molar-refractivity contribution in [1.82, 2.24) is 29.1 Å². The highest BCUT2D eigenvalue weighted by atomic mass is 35.5. The van der Waals surface area contributed by atoms with Crippen LogP contribution in [0.3, 0.4) is 0 Å². The lowest BCUT2D eigenvalue weighted by atomic mass is 9.99. The lowest BCUT2D eigenvalue weighted by Crippen LogP contribution is -2.66. The molecule has 3 N–H and O–H groups in total. The van der Waals surface area contributed by atoms with E-state index >= 15 is 0 Å². The van der Waals surface area contributed by atoms with Crippen molar-refractivity contribution >= 4 is 38.4 Å². The zero-order chi connectivity index (χ0) is 27.9. The summed E-state index contributed by atoms with van der Waals surface area (Å²) in [5.74, 6) is -0.117. The van der Waals surface area contributed by atoms with Crippen LogP contribution in [0.15, 0.2) is 66.2 Å². The molecule has 4 unspecified atom stereocenters. The molecule has 39 heavy (non-hydrogen) atoms. The molecule has 0 aliphatic carbocycles. The van der Waals surface area contributed by atoms with Crippen molar-refractivity contribution in [3.8, 4) is 11.4 Å². The number of aromatic nitrogens is 4. The molecule has 4 heterocycles. The zero-order valence-corrected chi connectivity index (χ0v) is 22.7. The fraction of sp³-hybridized carbons (Fsp3) is 0.308. The van der Waals surface area contributed by atoms with Gasteiger partial charge in [0.25, 0.3) is 15.9 Å². The number of aliphatic hydroxyl groups is 2. The topological polar surface area (TPSA) is 153 Å². The number of aliphatic hydroxyl groups excluding tert-OH is 2. The number of fused-ring (bicyclic) bond motifs is 1. The van der Waals surface area contributed by atoms with Crippen molar-refractivity contribution in [2.75, 3.05) is 13.1 Å². The molecule has 13 heteroatoms. The number of halogens is 1. The summed E-state index contributed by atoms with van der Waals surface area (Å²) in [6, 6.07) is 8.08. The van der Waals surface area contributed by atoms with Gasteiger partial charge in [-0.1, -0.05) is 11.6 Å². The lowest BCUT2D eigenvalue weighted by Gasteiger charge is -2.48. The second-order valence-corrected chi connectivity index (χ2v) is 11.9. The predicted octanol–water partition coefficient (Wildman–Crippen LogP) is 2.32. The highest BCUT2D eigenvalue weighted by Crippen LogP contribution is 2.30. The first kappa shape index (κ1) is 27.2. The second-order valence-electron chi connectivity index (χ2n) is 9.55. The van der Waals surface area contributed by atoms with E-state index in [0.29, 0.717) is 21.7 Å². The van der Waals surface area contributed by atoms with Crippen molar-refractivity contribution in [1.29, 1.82) is 0 Å². The van der Waals surface area contributed by atoms with E-state index in [2.05, 4.69) is 19.9 Å². The number of hydrogen-bond acceptors (Lipinski definition) is 8. The third-order valence-electron chi connectivity index (χ3n) is 6.86. The normalized spacial score (nSPS) is 20.2. The lowest BCUT2D eigenvalue weighted by molar-refractivity contribution is -0.0350. The third-order valence-corrected chi connectivity index (χ3v) is 8.85. The fourth-order valence-corrected chi connectivity index (χ4v) is 6.45. The summed E-state index contributed by atoms with van der Waals surface area (Å²) in [7, 11) is -4.07. The average molecular weight is 571 g/mol. The summed E-state index contributed by atoms with van der Waals surface area (Å²) in [5.41, 5.74) is 1.47. The Kier molecular flexibility index (Phi) is 7.40. The number of rotatable bonds is 6. The van der Waals surface area contributed by atoms with Gasteiger partial charge in [0, 0.05) is 59.4 Å². The largest absolute Gasteiger partial charge is 0.391 e. The Morgan fingerprint density at radius 2 is 1.64 bits per heavy atom. The van der Waals surface area contributed by atoms with Crippen molar-refractivity contribution < 1.29 is 23.4 Å². The third kappa shape index (κ3) is 5.25. The molecule has 5 rings (SSSR count). The molecule has 1 saturated heterocycles. The van der Waals surface area contributed by atoms with Crippen molar-refractivity contribution in [2.45, 2.75) is 43.2 Å². The Hall–Kier alpha value is -3.42. The minimum atomic E-state index is -4.07. The molecule has 0 bridgehead atoms. The fourth-order valence-electron chi connectivity index (χ4n) is 4.77. The van der Waals surface area contributed by atoms with E-state index in [1.54, 1.807) is 42.7 Å². The van der Waals surface area contributed by atoms with E-state index in [1.165, 1.54) is 41.5 Å². The van der Waals surface area contributed by atoms with E-state index in [4.69, 9.17) is 11.6 Å². The van der Waals surface area contributed by atoms with Crippen molar-refractivity contribution in [2.24, 2.45) is 0 Å². The molecule has 4 aromatic rings. The molecule has 1 aliphatic rings. The summed E-state index contributed by atoms with van der Waals surface area (Å²) in [4.78, 5) is 30.5. The molecular weight excluding hydrogens is 544 g/mol. The number of sulfonamides is 1. The van der Waals surface area contributed by atoms with Gasteiger partial charge in [-0.05, 0) is 50.2 Å². The maximum Gasteiger partial charge on any atom is 0.258 e. The molecule has 1 fully saturated rings. The SMILES string of the molecule is CC(O)C1CN(S(=O)(=O)c2cc3cc(Cl)ccc3[nH]2)CC(C(C)O)N1C(=O)c1cnc(-c2ccncc2)nc1. The van der Waals surface area contributed by atoms with Crippen LogP contribution in [0.25, 0.3) is 22.3 Å². The molecule has 204 valence electrons. The zero-order valence-electron chi connectivity index (χ0n) is 21.1. The molecule has 0 saturated carbocycles. The maximum atomic E-state index is 13.7. The number of piperazine rings is 1.